The largest absolute Gasteiger partial charge is 0.361 e. The molecule has 2 N–H and O–H groups in total. The van der Waals surface area contributed by atoms with E-state index in [4.69, 9.17) is 0 Å². The molecule has 0 spiro atoms. The Balaban J connectivity index is 1.73. The summed E-state index contributed by atoms with van der Waals surface area (Å²) in [6.07, 6.45) is 3.11. The summed E-state index contributed by atoms with van der Waals surface area (Å²) < 4.78 is 0. The minimum atomic E-state index is -0.0176. The highest BCUT2D eigenvalue weighted by Gasteiger charge is 2.11. The number of nitrogens with zero attached hydrogens (tertiary/aromatic N) is 2. The molecule has 0 bridgehead atoms. The van der Waals surface area contributed by atoms with Gasteiger partial charge in [0.2, 0.25) is 11.8 Å². The fourth-order valence-corrected chi connectivity index (χ4v) is 2.75. The number of aromatic nitrogens is 1. The topological polar surface area (TPSA) is 68.4 Å². The van der Waals surface area contributed by atoms with E-state index < -0.39 is 0 Å². The van der Waals surface area contributed by atoms with Crippen molar-refractivity contribution in [3.8, 4) is 0 Å². The van der Waals surface area contributed by atoms with Gasteiger partial charge in [0, 0.05) is 56.6 Å². The third-order valence-electron chi connectivity index (χ3n) is 4.26. The first-order valence-electron chi connectivity index (χ1n) is 8.69. The molecule has 0 aliphatic rings. The highest BCUT2D eigenvalue weighted by atomic mass is 16.2. The van der Waals surface area contributed by atoms with Crippen molar-refractivity contribution in [2.45, 2.75) is 19.8 Å². The molecule has 0 radical (unpaired) electrons. The quantitative estimate of drug-likeness (QED) is 0.726. The van der Waals surface area contributed by atoms with Gasteiger partial charge in [-0.2, -0.15) is 0 Å². The maximum Gasteiger partial charge on any atom is 0.221 e. The summed E-state index contributed by atoms with van der Waals surface area (Å²) in [6, 6.07) is 8.14. The van der Waals surface area contributed by atoms with Crippen LogP contribution < -0.4 is 5.32 Å². The first kappa shape index (κ1) is 19.0. The van der Waals surface area contributed by atoms with Crippen molar-refractivity contribution in [2.24, 2.45) is 0 Å². The van der Waals surface area contributed by atoms with Crippen LogP contribution in [0, 0.1) is 0 Å². The van der Waals surface area contributed by atoms with Crippen LogP contribution in [0.3, 0.4) is 0 Å². The predicted octanol–water partition coefficient (Wildman–Crippen LogP) is 1.63. The maximum atomic E-state index is 12.0. The van der Waals surface area contributed by atoms with Crippen LogP contribution in [0.4, 0.5) is 0 Å². The molecule has 0 atom stereocenters. The molecule has 136 valence electrons. The first-order chi connectivity index (χ1) is 12.0. The molecule has 0 aliphatic carbocycles. The molecule has 0 unspecified atom stereocenters. The zero-order valence-corrected chi connectivity index (χ0v) is 15.3. The van der Waals surface area contributed by atoms with E-state index in [-0.39, 0.29) is 11.8 Å². The van der Waals surface area contributed by atoms with Crippen LogP contribution in [0.15, 0.2) is 30.5 Å². The van der Waals surface area contributed by atoms with E-state index in [2.05, 4.69) is 16.4 Å². The lowest BCUT2D eigenvalue weighted by Crippen LogP contribution is -2.38. The minimum Gasteiger partial charge on any atom is -0.361 e. The number of aromatic amines is 1. The number of rotatable bonds is 9. The Labute approximate surface area is 149 Å². The Morgan fingerprint density at radius 3 is 2.60 bits per heavy atom. The van der Waals surface area contributed by atoms with Crippen LogP contribution >= 0.6 is 0 Å². The number of benzene rings is 1. The second-order valence-corrected chi connectivity index (χ2v) is 6.52. The molecule has 1 aromatic heterocycles. The van der Waals surface area contributed by atoms with Gasteiger partial charge >= 0.3 is 0 Å². The molecule has 1 heterocycles. The number of carbonyl (C=O) groups excluding carboxylic acids is 2. The van der Waals surface area contributed by atoms with Crippen LogP contribution in [0.25, 0.3) is 10.9 Å². The van der Waals surface area contributed by atoms with Gasteiger partial charge in [-0.25, -0.2) is 0 Å². The summed E-state index contributed by atoms with van der Waals surface area (Å²) in [6.45, 7) is 4.04. The number of hydrogen-bond donors (Lipinski definition) is 2. The molecule has 0 fully saturated rings. The molecule has 2 rings (SSSR count). The molecule has 1 aromatic carbocycles. The van der Waals surface area contributed by atoms with Gasteiger partial charge in [0.1, 0.15) is 0 Å². The second kappa shape index (κ2) is 9.22. The third-order valence-corrected chi connectivity index (χ3v) is 4.26. The number of fused-ring (bicyclic) bond motifs is 1. The highest BCUT2D eigenvalue weighted by molar-refractivity contribution is 5.83. The van der Waals surface area contributed by atoms with Crippen molar-refractivity contribution in [1.29, 1.82) is 0 Å². The van der Waals surface area contributed by atoms with E-state index in [1.54, 1.807) is 11.8 Å². The van der Waals surface area contributed by atoms with Gasteiger partial charge in [0.25, 0.3) is 0 Å². The Morgan fingerprint density at radius 2 is 1.88 bits per heavy atom. The van der Waals surface area contributed by atoms with Crippen molar-refractivity contribution in [2.75, 3.05) is 40.3 Å². The van der Waals surface area contributed by atoms with Crippen LogP contribution in [0.5, 0.6) is 0 Å². The predicted molar refractivity (Wildman–Crippen MR) is 100 cm³/mol. The Hall–Kier alpha value is -2.34. The van der Waals surface area contributed by atoms with Crippen LogP contribution in [0.1, 0.15) is 18.9 Å². The fraction of sp³-hybridized carbons (Fsp3) is 0.474. The van der Waals surface area contributed by atoms with Gasteiger partial charge in [-0.1, -0.05) is 18.2 Å². The number of hydrogen-bond acceptors (Lipinski definition) is 3. The van der Waals surface area contributed by atoms with Crippen molar-refractivity contribution in [3.05, 3.63) is 36.0 Å². The maximum absolute atomic E-state index is 12.0. The molecule has 2 aromatic rings. The fourth-order valence-electron chi connectivity index (χ4n) is 2.75. The summed E-state index contributed by atoms with van der Waals surface area (Å²) in [5.41, 5.74) is 2.31. The lowest BCUT2D eigenvalue weighted by molar-refractivity contribution is -0.129. The molecule has 0 saturated carbocycles. The van der Waals surface area contributed by atoms with Gasteiger partial charge in [-0.15, -0.1) is 0 Å². The smallest absolute Gasteiger partial charge is 0.221 e. The second-order valence-electron chi connectivity index (χ2n) is 6.52. The van der Waals surface area contributed by atoms with E-state index >= 15 is 0 Å². The minimum absolute atomic E-state index is 0.00782. The first-order valence-corrected chi connectivity index (χ1v) is 8.69. The van der Waals surface area contributed by atoms with E-state index in [9.17, 15) is 9.59 Å². The molecule has 25 heavy (non-hydrogen) atoms. The highest BCUT2D eigenvalue weighted by Crippen LogP contribution is 2.17. The van der Waals surface area contributed by atoms with Gasteiger partial charge in [0.05, 0.1) is 0 Å². The number of H-pyrrole nitrogens is 1. The average molecular weight is 344 g/mol. The van der Waals surface area contributed by atoms with Crippen LogP contribution in [-0.2, 0) is 16.0 Å². The molecule has 2 amide bonds. The monoisotopic (exact) mass is 344 g/mol. The number of amides is 2. The SMILES string of the molecule is CC(=O)N(CCC(=O)NCCc1c[nH]c2ccccc12)CCN(C)C. The zero-order chi connectivity index (χ0) is 18.2. The molecule has 6 heteroatoms. The van der Waals surface area contributed by atoms with E-state index in [1.165, 1.54) is 10.9 Å². The standard InChI is InChI=1S/C19H28N4O2/c1-15(24)23(13-12-22(2)3)11-9-19(25)20-10-8-16-14-21-18-7-5-4-6-17(16)18/h4-7,14,21H,8-13H2,1-3H3,(H,20,25). The van der Waals surface area contributed by atoms with Gasteiger partial charge < -0.3 is 20.1 Å². The normalized spacial score (nSPS) is 11.0. The molecule has 0 aliphatic heterocycles. The number of likely N-dealkylation sites (N-methyl/N-ethyl adjacent to an activating group) is 1. The van der Waals surface area contributed by atoms with Gasteiger partial charge in [0.15, 0.2) is 0 Å². The lowest BCUT2D eigenvalue weighted by atomic mass is 10.1. The van der Waals surface area contributed by atoms with Crippen LogP contribution in [-0.4, -0.2) is 66.9 Å². The summed E-state index contributed by atoms with van der Waals surface area (Å²) in [7, 11) is 3.94. The summed E-state index contributed by atoms with van der Waals surface area (Å²) in [5, 5.41) is 4.14. The van der Waals surface area contributed by atoms with Crippen molar-refractivity contribution in [1.82, 2.24) is 20.1 Å². The Kier molecular flexibility index (Phi) is 7.01. The van der Waals surface area contributed by atoms with Gasteiger partial charge in [-0.05, 0) is 32.1 Å². The van der Waals surface area contributed by atoms with E-state index in [0.717, 1.165) is 18.5 Å². The van der Waals surface area contributed by atoms with Crippen molar-refractivity contribution in [3.63, 3.8) is 0 Å². The summed E-state index contributed by atoms with van der Waals surface area (Å²) in [4.78, 5) is 30.7. The van der Waals surface area contributed by atoms with Crippen molar-refractivity contribution < 1.29 is 9.59 Å². The third kappa shape index (κ3) is 5.90. The van der Waals surface area contributed by atoms with E-state index in [1.807, 2.05) is 43.4 Å². The van der Waals surface area contributed by atoms with E-state index in [0.29, 0.717) is 26.1 Å². The Morgan fingerprint density at radius 1 is 1.12 bits per heavy atom. The van der Waals surface area contributed by atoms with Crippen LogP contribution in [0.2, 0.25) is 0 Å². The molecular weight excluding hydrogens is 316 g/mol. The Bertz CT molecular complexity index is 708. The number of carbonyl (C=O) groups is 2. The molecule has 6 nitrogen and oxygen atoms in total. The summed E-state index contributed by atoms with van der Waals surface area (Å²) in [5.74, 6) is -0.00983. The zero-order valence-electron chi connectivity index (χ0n) is 15.3. The lowest BCUT2D eigenvalue weighted by Gasteiger charge is -2.22. The molecule has 0 saturated heterocycles. The number of para-hydroxylation sites is 1. The average Bonchev–Trinajstić information content (AvgIpc) is 2.97. The number of nitrogens with one attached hydrogen (secondary N) is 2. The van der Waals surface area contributed by atoms with Crippen molar-refractivity contribution >= 4 is 22.7 Å². The molecular formula is C19H28N4O2. The summed E-state index contributed by atoms with van der Waals surface area (Å²) >= 11 is 0. The van der Waals surface area contributed by atoms with Gasteiger partial charge in [-0.3, -0.25) is 9.59 Å².